The third-order valence-electron chi connectivity index (χ3n) is 2.67. The van der Waals surface area contributed by atoms with E-state index in [4.69, 9.17) is 0 Å². The number of rotatable bonds is 4. The van der Waals surface area contributed by atoms with Gasteiger partial charge in [0.25, 0.3) is 11.7 Å². The summed E-state index contributed by atoms with van der Waals surface area (Å²) < 4.78 is 13.6. The molecule has 1 aliphatic rings. The van der Waals surface area contributed by atoms with Gasteiger partial charge in [0, 0.05) is 6.54 Å². The molecular weight excluding hydrogens is 241 g/mol. The van der Waals surface area contributed by atoms with Crippen molar-refractivity contribution in [3.05, 3.63) is 29.6 Å². The summed E-state index contributed by atoms with van der Waals surface area (Å²) in [6.45, 7) is 0.388. The van der Waals surface area contributed by atoms with Gasteiger partial charge < -0.3 is 4.90 Å². The fourth-order valence-electron chi connectivity index (χ4n) is 1.89. The van der Waals surface area contributed by atoms with Gasteiger partial charge in [0.2, 0.25) is 0 Å². The number of ketones is 1. The molecule has 0 fully saturated rings. The molecule has 1 aliphatic heterocycles. The van der Waals surface area contributed by atoms with E-state index in [0.29, 0.717) is 6.54 Å². The minimum Gasteiger partial charge on any atom is -0.302 e. The number of Topliss-reactive ketones (excluding diaryl/α,β-unsaturated/α-hetero) is 1. The normalized spacial score (nSPS) is 14.4. The second kappa shape index (κ2) is 4.87. The molecule has 0 radical (unpaired) electrons. The zero-order chi connectivity index (χ0) is 12.4. The van der Waals surface area contributed by atoms with Gasteiger partial charge in [-0.05, 0) is 30.6 Å². The van der Waals surface area contributed by atoms with Crippen LogP contribution in [-0.4, -0.2) is 30.2 Å². The van der Waals surface area contributed by atoms with Crippen LogP contribution in [-0.2, 0) is 4.79 Å². The molecule has 0 aromatic heterocycles. The Morgan fingerprint density at radius 1 is 1.35 bits per heavy atom. The van der Waals surface area contributed by atoms with Crippen LogP contribution in [0.2, 0.25) is 0 Å². The van der Waals surface area contributed by atoms with Crippen molar-refractivity contribution in [1.82, 2.24) is 0 Å². The molecule has 90 valence electrons. The number of hydrogen-bond acceptors (Lipinski definition) is 3. The summed E-state index contributed by atoms with van der Waals surface area (Å²) in [5, 5.41) is 0. The summed E-state index contributed by atoms with van der Waals surface area (Å²) in [6, 6.07) is 4.21. The molecule has 5 heteroatoms. The maximum Gasteiger partial charge on any atom is 0.299 e. The first-order chi connectivity index (χ1) is 8.16. The molecule has 0 bridgehead atoms. The molecule has 0 saturated heterocycles. The predicted molar refractivity (Wildman–Crippen MR) is 66.1 cm³/mol. The van der Waals surface area contributed by atoms with Crippen molar-refractivity contribution in [2.24, 2.45) is 0 Å². The number of nitrogens with zero attached hydrogens (tertiary/aromatic N) is 1. The van der Waals surface area contributed by atoms with Crippen molar-refractivity contribution in [1.29, 1.82) is 0 Å². The highest BCUT2D eigenvalue weighted by molar-refractivity contribution is 7.98. The number of thioether (sulfide) groups is 1. The second-order valence-corrected chi connectivity index (χ2v) is 4.75. The van der Waals surface area contributed by atoms with Gasteiger partial charge in [0.05, 0.1) is 11.3 Å². The van der Waals surface area contributed by atoms with E-state index in [0.717, 1.165) is 12.2 Å². The Morgan fingerprint density at radius 3 is 2.82 bits per heavy atom. The van der Waals surface area contributed by atoms with Crippen molar-refractivity contribution >= 4 is 29.1 Å². The van der Waals surface area contributed by atoms with Crippen LogP contribution in [0.3, 0.4) is 0 Å². The van der Waals surface area contributed by atoms with Crippen LogP contribution in [0.15, 0.2) is 18.2 Å². The van der Waals surface area contributed by atoms with Gasteiger partial charge in [-0.25, -0.2) is 4.39 Å². The molecule has 3 nitrogen and oxygen atoms in total. The molecular formula is C12H12FNO2S. The summed E-state index contributed by atoms with van der Waals surface area (Å²) in [6.07, 6.45) is 2.71. The third-order valence-corrected chi connectivity index (χ3v) is 3.37. The topological polar surface area (TPSA) is 37.4 Å². The predicted octanol–water partition coefficient (Wildman–Crippen LogP) is 2.11. The monoisotopic (exact) mass is 253 g/mol. The molecule has 1 amide bonds. The van der Waals surface area contributed by atoms with E-state index in [9.17, 15) is 14.0 Å². The summed E-state index contributed by atoms with van der Waals surface area (Å²) in [7, 11) is 0. The first-order valence-electron chi connectivity index (χ1n) is 5.30. The standard InChI is InChI=1S/C12H12FNO2S/c1-17-7-3-6-14-10-8(11(15)12(14)16)4-2-5-9(10)13/h2,4-5H,3,6-7H2,1H3. The fourth-order valence-corrected chi connectivity index (χ4v) is 2.31. The minimum absolute atomic E-state index is 0.142. The van der Waals surface area contributed by atoms with Gasteiger partial charge in [-0.2, -0.15) is 11.8 Å². The van der Waals surface area contributed by atoms with Crippen LogP contribution >= 0.6 is 11.8 Å². The quantitative estimate of drug-likeness (QED) is 0.609. The van der Waals surface area contributed by atoms with Crippen molar-refractivity contribution < 1.29 is 14.0 Å². The summed E-state index contributed by atoms with van der Waals surface area (Å²) in [5.41, 5.74) is 0.322. The SMILES string of the molecule is CSCCCN1C(=O)C(=O)c2cccc(F)c21. The van der Waals surface area contributed by atoms with Crippen LogP contribution in [0, 0.1) is 5.82 Å². The number of anilines is 1. The number of fused-ring (bicyclic) bond motifs is 1. The Hall–Kier alpha value is -1.36. The van der Waals surface area contributed by atoms with Gasteiger partial charge in [0.1, 0.15) is 5.82 Å². The zero-order valence-electron chi connectivity index (χ0n) is 9.40. The maximum absolute atomic E-state index is 13.6. The van der Waals surface area contributed by atoms with Crippen LogP contribution in [0.1, 0.15) is 16.8 Å². The van der Waals surface area contributed by atoms with Crippen LogP contribution < -0.4 is 4.90 Å². The van der Waals surface area contributed by atoms with Crippen molar-refractivity contribution in [2.45, 2.75) is 6.42 Å². The lowest BCUT2D eigenvalue weighted by molar-refractivity contribution is -0.114. The molecule has 0 atom stereocenters. The molecule has 0 spiro atoms. The van der Waals surface area contributed by atoms with E-state index >= 15 is 0 Å². The number of carbonyl (C=O) groups excluding carboxylic acids is 2. The number of hydrogen-bond donors (Lipinski definition) is 0. The number of para-hydroxylation sites is 1. The van der Waals surface area contributed by atoms with Crippen LogP contribution in [0.5, 0.6) is 0 Å². The minimum atomic E-state index is -0.619. The summed E-state index contributed by atoms with van der Waals surface area (Å²) in [4.78, 5) is 24.6. The fraction of sp³-hybridized carbons (Fsp3) is 0.333. The van der Waals surface area contributed by atoms with Gasteiger partial charge in [0.15, 0.2) is 0 Å². The van der Waals surface area contributed by atoms with Gasteiger partial charge >= 0.3 is 0 Å². The number of amides is 1. The third kappa shape index (κ3) is 2.07. The Bertz CT molecular complexity index is 476. The highest BCUT2D eigenvalue weighted by Gasteiger charge is 2.37. The van der Waals surface area contributed by atoms with Crippen molar-refractivity contribution in [2.75, 3.05) is 23.5 Å². The highest BCUT2D eigenvalue weighted by Crippen LogP contribution is 2.31. The largest absolute Gasteiger partial charge is 0.302 e. The van der Waals surface area contributed by atoms with E-state index in [-0.39, 0.29) is 11.3 Å². The molecule has 0 unspecified atom stereocenters. The molecule has 2 rings (SSSR count). The molecule has 0 aliphatic carbocycles. The lowest BCUT2D eigenvalue weighted by atomic mass is 10.1. The van der Waals surface area contributed by atoms with E-state index in [1.807, 2.05) is 6.26 Å². The number of benzene rings is 1. The number of halogens is 1. The van der Waals surface area contributed by atoms with Gasteiger partial charge in [-0.15, -0.1) is 0 Å². The Labute approximate surface area is 103 Å². The lowest BCUT2D eigenvalue weighted by Crippen LogP contribution is -2.31. The van der Waals surface area contributed by atoms with Gasteiger partial charge in [-0.3, -0.25) is 9.59 Å². The smallest absolute Gasteiger partial charge is 0.299 e. The van der Waals surface area contributed by atoms with E-state index in [2.05, 4.69) is 0 Å². The summed E-state index contributed by atoms with van der Waals surface area (Å²) in [5.74, 6) is -0.859. The average molecular weight is 253 g/mol. The van der Waals surface area contributed by atoms with Gasteiger partial charge in [-0.1, -0.05) is 6.07 Å². The van der Waals surface area contributed by atoms with Crippen LogP contribution in [0.4, 0.5) is 10.1 Å². The molecule has 1 aromatic rings. The zero-order valence-corrected chi connectivity index (χ0v) is 10.2. The molecule has 0 N–H and O–H groups in total. The van der Waals surface area contributed by atoms with Crippen molar-refractivity contribution in [3.63, 3.8) is 0 Å². The summed E-state index contributed by atoms with van der Waals surface area (Å²) >= 11 is 1.66. The maximum atomic E-state index is 13.6. The van der Waals surface area contributed by atoms with Crippen molar-refractivity contribution in [3.8, 4) is 0 Å². The Morgan fingerprint density at radius 2 is 2.12 bits per heavy atom. The molecule has 1 aromatic carbocycles. The first kappa shape index (κ1) is 12.1. The average Bonchev–Trinajstić information content (AvgIpc) is 2.56. The highest BCUT2D eigenvalue weighted by atomic mass is 32.2. The van der Waals surface area contributed by atoms with E-state index < -0.39 is 17.5 Å². The molecule has 1 heterocycles. The Kier molecular flexibility index (Phi) is 3.47. The second-order valence-electron chi connectivity index (χ2n) is 3.77. The molecule has 17 heavy (non-hydrogen) atoms. The van der Waals surface area contributed by atoms with E-state index in [1.54, 1.807) is 11.8 Å². The lowest BCUT2D eigenvalue weighted by Gasteiger charge is -2.16. The van der Waals surface area contributed by atoms with Crippen LogP contribution in [0.25, 0.3) is 0 Å². The first-order valence-corrected chi connectivity index (χ1v) is 6.70. The van der Waals surface area contributed by atoms with E-state index in [1.165, 1.54) is 23.1 Å². The number of carbonyl (C=O) groups is 2. The Balaban J connectivity index is 2.30. The molecule has 0 saturated carbocycles.